The topological polar surface area (TPSA) is 64.8 Å². The van der Waals surface area contributed by atoms with E-state index < -0.39 is 0 Å². The molecule has 0 radical (unpaired) electrons. The standard InChI is InChI=1S/C34H29I2N3O3/c1-3-41-32-20-25(19-30(36)33(32)42-22-24-10-14-28(35)15-11-24)21-37-38-34(40)27-12-16-29(17-13-27)39-23(2)9-18-31(39)26-7-5-4-6-8-26/h4-21H,3,22H2,1-2H3,(H,38,40)/b37-21+. The molecule has 5 aromatic rings. The minimum absolute atomic E-state index is 0.289. The first-order chi connectivity index (χ1) is 20.4. The number of nitrogens with zero attached hydrogens (tertiary/aromatic N) is 2. The van der Waals surface area contributed by atoms with Crippen LogP contribution in [0.25, 0.3) is 16.9 Å². The first-order valence-electron chi connectivity index (χ1n) is 13.4. The van der Waals surface area contributed by atoms with Crippen LogP contribution in [0.15, 0.2) is 108 Å². The third-order valence-electron chi connectivity index (χ3n) is 6.54. The highest BCUT2D eigenvalue weighted by Gasteiger charge is 2.13. The number of hydrogen-bond acceptors (Lipinski definition) is 4. The molecule has 8 heteroatoms. The summed E-state index contributed by atoms with van der Waals surface area (Å²) >= 11 is 4.52. The van der Waals surface area contributed by atoms with Gasteiger partial charge < -0.3 is 14.0 Å². The van der Waals surface area contributed by atoms with Crippen LogP contribution < -0.4 is 14.9 Å². The molecule has 42 heavy (non-hydrogen) atoms. The molecular formula is C34H29I2N3O3. The molecule has 212 valence electrons. The molecule has 0 atom stereocenters. The van der Waals surface area contributed by atoms with E-state index in [2.05, 4.69) is 116 Å². The fourth-order valence-corrected chi connectivity index (χ4v) is 5.65. The minimum atomic E-state index is -0.289. The van der Waals surface area contributed by atoms with E-state index in [-0.39, 0.29) is 5.91 Å². The van der Waals surface area contributed by atoms with Crippen LogP contribution in [0.5, 0.6) is 11.5 Å². The van der Waals surface area contributed by atoms with Gasteiger partial charge in [0.05, 0.1) is 22.1 Å². The Morgan fingerprint density at radius 3 is 2.36 bits per heavy atom. The number of aromatic nitrogens is 1. The smallest absolute Gasteiger partial charge is 0.271 e. The van der Waals surface area contributed by atoms with Crippen molar-refractivity contribution in [2.24, 2.45) is 5.10 Å². The van der Waals surface area contributed by atoms with E-state index >= 15 is 0 Å². The van der Waals surface area contributed by atoms with Gasteiger partial charge in [-0.3, -0.25) is 4.79 Å². The maximum absolute atomic E-state index is 12.8. The first-order valence-corrected chi connectivity index (χ1v) is 15.6. The van der Waals surface area contributed by atoms with E-state index in [4.69, 9.17) is 9.47 Å². The maximum atomic E-state index is 12.8. The van der Waals surface area contributed by atoms with E-state index in [0.29, 0.717) is 30.3 Å². The predicted molar refractivity (Wildman–Crippen MR) is 185 cm³/mol. The van der Waals surface area contributed by atoms with Crippen LogP contribution in [0.4, 0.5) is 0 Å². The summed E-state index contributed by atoms with van der Waals surface area (Å²) in [6.07, 6.45) is 1.61. The van der Waals surface area contributed by atoms with Gasteiger partial charge in [0.2, 0.25) is 0 Å². The van der Waals surface area contributed by atoms with Gasteiger partial charge in [-0.25, -0.2) is 5.43 Å². The Morgan fingerprint density at radius 1 is 0.905 bits per heavy atom. The van der Waals surface area contributed by atoms with E-state index in [1.54, 1.807) is 6.21 Å². The summed E-state index contributed by atoms with van der Waals surface area (Å²) in [6, 6.07) is 34.0. The minimum Gasteiger partial charge on any atom is -0.490 e. The van der Waals surface area contributed by atoms with Crippen molar-refractivity contribution in [2.75, 3.05) is 6.61 Å². The molecule has 0 saturated carbocycles. The van der Waals surface area contributed by atoms with Crippen LogP contribution in [0, 0.1) is 14.1 Å². The second-order valence-corrected chi connectivity index (χ2v) is 11.9. The number of hydrazone groups is 1. The first kappa shape index (κ1) is 29.8. The van der Waals surface area contributed by atoms with Gasteiger partial charge in [-0.1, -0.05) is 42.5 Å². The summed E-state index contributed by atoms with van der Waals surface area (Å²) in [6.45, 7) is 4.94. The molecule has 0 bridgehead atoms. The van der Waals surface area contributed by atoms with Gasteiger partial charge in [0.15, 0.2) is 11.5 Å². The van der Waals surface area contributed by atoms with Gasteiger partial charge in [-0.05, 0) is 136 Å². The Hall–Kier alpha value is -3.64. The average molecular weight is 781 g/mol. The summed E-state index contributed by atoms with van der Waals surface area (Å²) < 4.78 is 16.2. The van der Waals surface area contributed by atoms with Gasteiger partial charge in [0.25, 0.3) is 5.91 Å². The van der Waals surface area contributed by atoms with Gasteiger partial charge in [-0.2, -0.15) is 5.10 Å². The molecule has 0 aliphatic carbocycles. The molecule has 0 aliphatic rings. The fraction of sp³-hybridized carbons (Fsp3) is 0.118. The third kappa shape index (κ3) is 7.22. The van der Waals surface area contributed by atoms with Crippen LogP contribution >= 0.6 is 45.2 Å². The molecule has 1 amide bonds. The largest absolute Gasteiger partial charge is 0.490 e. The number of benzene rings is 4. The molecular weight excluding hydrogens is 752 g/mol. The van der Waals surface area contributed by atoms with Crippen molar-refractivity contribution >= 4 is 57.3 Å². The number of amides is 1. The Labute approximate surface area is 273 Å². The van der Waals surface area contributed by atoms with E-state index in [9.17, 15) is 4.79 Å². The van der Waals surface area contributed by atoms with Crippen molar-refractivity contribution in [3.63, 3.8) is 0 Å². The Kier molecular flexibility index (Phi) is 9.96. The quantitative estimate of drug-likeness (QED) is 0.0880. The van der Waals surface area contributed by atoms with E-state index in [1.165, 1.54) is 3.57 Å². The summed E-state index contributed by atoms with van der Waals surface area (Å²) in [5.74, 6) is 1.03. The second kappa shape index (κ2) is 14.0. The SMILES string of the molecule is CCOc1cc(/C=N/NC(=O)c2ccc(-n3c(C)ccc3-c3ccccc3)cc2)cc(I)c1OCc1ccc(I)cc1. The average Bonchev–Trinajstić information content (AvgIpc) is 3.39. The van der Waals surface area contributed by atoms with E-state index in [1.807, 2.05) is 61.5 Å². The number of hydrogen-bond donors (Lipinski definition) is 1. The normalized spacial score (nSPS) is 11.0. The number of halogens is 2. The summed E-state index contributed by atoms with van der Waals surface area (Å²) in [5.41, 5.74) is 9.35. The second-order valence-electron chi connectivity index (χ2n) is 9.49. The maximum Gasteiger partial charge on any atom is 0.271 e. The lowest BCUT2D eigenvalue weighted by atomic mass is 10.1. The molecule has 0 aliphatic heterocycles. The highest BCUT2D eigenvalue weighted by molar-refractivity contribution is 14.1. The summed E-state index contributed by atoms with van der Waals surface area (Å²) in [5, 5.41) is 4.20. The van der Waals surface area contributed by atoms with Crippen molar-refractivity contribution in [1.82, 2.24) is 9.99 Å². The fourth-order valence-electron chi connectivity index (χ4n) is 4.51. The number of carbonyl (C=O) groups excluding carboxylic acids is 1. The van der Waals surface area contributed by atoms with Crippen molar-refractivity contribution in [3.8, 4) is 28.4 Å². The van der Waals surface area contributed by atoms with Gasteiger partial charge in [0, 0.05) is 20.5 Å². The van der Waals surface area contributed by atoms with Gasteiger partial charge >= 0.3 is 0 Å². The molecule has 0 saturated heterocycles. The zero-order valence-corrected chi connectivity index (χ0v) is 27.5. The van der Waals surface area contributed by atoms with Crippen LogP contribution in [0.3, 0.4) is 0 Å². The summed E-state index contributed by atoms with van der Waals surface area (Å²) in [7, 11) is 0. The lowest BCUT2D eigenvalue weighted by Gasteiger charge is -2.15. The highest BCUT2D eigenvalue weighted by Crippen LogP contribution is 2.34. The number of aryl methyl sites for hydroxylation is 1. The van der Waals surface area contributed by atoms with Gasteiger partial charge in [-0.15, -0.1) is 0 Å². The Balaban J connectivity index is 1.26. The molecule has 1 aromatic heterocycles. The monoisotopic (exact) mass is 781 g/mol. The zero-order valence-electron chi connectivity index (χ0n) is 23.2. The zero-order chi connectivity index (χ0) is 29.5. The Morgan fingerprint density at radius 2 is 1.64 bits per heavy atom. The van der Waals surface area contributed by atoms with Crippen LogP contribution in [0.1, 0.15) is 34.1 Å². The van der Waals surface area contributed by atoms with Crippen LogP contribution in [-0.2, 0) is 6.61 Å². The Bertz CT molecular complexity index is 1700. The number of rotatable bonds is 10. The number of carbonyl (C=O) groups is 1. The van der Waals surface area contributed by atoms with Gasteiger partial charge in [0.1, 0.15) is 6.61 Å². The van der Waals surface area contributed by atoms with Crippen molar-refractivity contribution < 1.29 is 14.3 Å². The van der Waals surface area contributed by atoms with Crippen molar-refractivity contribution in [2.45, 2.75) is 20.5 Å². The third-order valence-corrected chi connectivity index (χ3v) is 8.06. The molecule has 0 spiro atoms. The van der Waals surface area contributed by atoms with E-state index in [0.717, 1.165) is 37.3 Å². The van der Waals surface area contributed by atoms with Crippen molar-refractivity contribution in [3.05, 3.63) is 133 Å². The highest BCUT2D eigenvalue weighted by atomic mass is 127. The van der Waals surface area contributed by atoms with Crippen LogP contribution in [0.2, 0.25) is 0 Å². The molecule has 6 nitrogen and oxygen atoms in total. The van der Waals surface area contributed by atoms with Crippen LogP contribution in [-0.4, -0.2) is 23.3 Å². The number of ether oxygens (including phenoxy) is 2. The predicted octanol–water partition coefficient (Wildman–Crippen LogP) is 8.40. The number of nitrogens with one attached hydrogen (secondary N) is 1. The molecule has 4 aromatic carbocycles. The molecule has 1 N–H and O–H groups in total. The summed E-state index contributed by atoms with van der Waals surface area (Å²) in [4.78, 5) is 12.8. The lowest BCUT2D eigenvalue weighted by molar-refractivity contribution is 0.0955. The molecule has 0 fully saturated rings. The molecule has 1 heterocycles. The molecule has 5 rings (SSSR count). The lowest BCUT2D eigenvalue weighted by Crippen LogP contribution is -2.17. The van der Waals surface area contributed by atoms with Crippen molar-refractivity contribution in [1.29, 1.82) is 0 Å². The molecule has 0 unspecified atom stereocenters.